The zero-order valence-corrected chi connectivity index (χ0v) is 14.8. The molecule has 0 aliphatic heterocycles. The maximum Gasteiger partial charge on any atom is 0.312 e. The summed E-state index contributed by atoms with van der Waals surface area (Å²) in [6.45, 7) is 1.47. The summed E-state index contributed by atoms with van der Waals surface area (Å²) >= 11 is 0. The molecule has 3 rings (SSSR count). The van der Waals surface area contributed by atoms with E-state index >= 15 is 0 Å². The van der Waals surface area contributed by atoms with Crippen molar-refractivity contribution < 1.29 is 14.3 Å². The molecule has 138 valence electrons. The van der Waals surface area contributed by atoms with Gasteiger partial charge in [-0.2, -0.15) is 5.10 Å². The number of carbonyl (C=O) groups excluding carboxylic acids is 2. The first-order chi connectivity index (χ1) is 13.0. The topological polar surface area (TPSA) is 101 Å². The van der Waals surface area contributed by atoms with Crippen molar-refractivity contribution >= 4 is 22.6 Å². The third kappa shape index (κ3) is 4.58. The van der Waals surface area contributed by atoms with Gasteiger partial charge in [-0.25, -0.2) is 5.10 Å². The summed E-state index contributed by atoms with van der Waals surface area (Å²) in [5, 5.41) is 10.1. The van der Waals surface area contributed by atoms with Gasteiger partial charge in [-0.3, -0.25) is 14.4 Å². The molecule has 0 radical (unpaired) electrons. The predicted octanol–water partition coefficient (Wildman–Crippen LogP) is 1.89. The minimum atomic E-state index is -0.595. The molecule has 1 aromatic heterocycles. The van der Waals surface area contributed by atoms with Crippen LogP contribution in [-0.2, 0) is 20.7 Å². The molecule has 0 fully saturated rings. The SMILES string of the molecule is CC(NC(=O)COC(=O)Cc1n[nH]c(=O)c2ccccc12)c1ccccc1. The van der Waals surface area contributed by atoms with Crippen LogP contribution in [0.25, 0.3) is 10.8 Å². The van der Waals surface area contributed by atoms with Crippen molar-refractivity contribution in [3.63, 3.8) is 0 Å². The van der Waals surface area contributed by atoms with Gasteiger partial charge in [0.2, 0.25) is 0 Å². The first-order valence-corrected chi connectivity index (χ1v) is 8.51. The largest absolute Gasteiger partial charge is 0.455 e. The van der Waals surface area contributed by atoms with E-state index in [1.807, 2.05) is 37.3 Å². The van der Waals surface area contributed by atoms with Crippen molar-refractivity contribution in [2.75, 3.05) is 6.61 Å². The van der Waals surface area contributed by atoms with Gasteiger partial charge >= 0.3 is 5.97 Å². The number of nitrogens with one attached hydrogen (secondary N) is 2. The minimum Gasteiger partial charge on any atom is -0.455 e. The van der Waals surface area contributed by atoms with Crippen LogP contribution in [0.15, 0.2) is 59.4 Å². The third-order valence-corrected chi connectivity index (χ3v) is 4.13. The van der Waals surface area contributed by atoms with E-state index < -0.39 is 5.97 Å². The number of aromatic amines is 1. The Morgan fingerprint density at radius 1 is 1.07 bits per heavy atom. The third-order valence-electron chi connectivity index (χ3n) is 4.13. The highest BCUT2D eigenvalue weighted by atomic mass is 16.5. The number of ether oxygens (including phenoxy) is 1. The molecule has 7 nitrogen and oxygen atoms in total. The number of H-pyrrole nitrogens is 1. The van der Waals surface area contributed by atoms with Gasteiger partial charge in [0.1, 0.15) is 0 Å². The fraction of sp³-hybridized carbons (Fsp3) is 0.200. The number of benzene rings is 2. The van der Waals surface area contributed by atoms with Crippen LogP contribution in [0.4, 0.5) is 0 Å². The number of amides is 1. The van der Waals surface area contributed by atoms with E-state index in [-0.39, 0.29) is 30.5 Å². The summed E-state index contributed by atoms with van der Waals surface area (Å²) in [4.78, 5) is 35.8. The lowest BCUT2D eigenvalue weighted by atomic mass is 10.1. The molecule has 0 aliphatic carbocycles. The van der Waals surface area contributed by atoms with Gasteiger partial charge in [-0.15, -0.1) is 0 Å². The molecule has 0 spiro atoms. The summed E-state index contributed by atoms with van der Waals surface area (Å²) in [7, 11) is 0. The molecule has 0 aliphatic rings. The molecule has 2 N–H and O–H groups in total. The molecule has 1 atom stereocenters. The van der Waals surface area contributed by atoms with Gasteiger partial charge in [-0.05, 0) is 18.6 Å². The second-order valence-electron chi connectivity index (χ2n) is 6.08. The number of carbonyl (C=O) groups is 2. The highest BCUT2D eigenvalue weighted by Gasteiger charge is 2.14. The minimum absolute atomic E-state index is 0.140. The molecule has 1 amide bonds. The van der Waals surface area contributed by atoms with Crippen LogP contribution < -0.4 is 10.9 Å². The van der Waals surface area contributed by atoms with Gasteiger partial charge in [0.25, 0.3) is 11.5 Å². The zero-order chi connectivity index (χ0) is 19.2. The van der Waals surface area contributed by atoms with Crippen molar-refractivity contribution in [1.82, 2.24) is 15.5 Å². The van der Waals surface area contributed by atoms with E-state index in [0.29, 0.717) is 16.5 Å². The van der Waals surface area contributed by atoms with Crippen LogP contribution in [-0.4, -0.2) is 28.7 Å². The maximum atomic E-state index is 12.1. The van der Waals surface area contributed by atoms with Crippen molar-refractivity contribution in [2.45, 2.75) is 19.4 Å². The Morgan fingerprint density at radius 2 is 1.74 bits per heavy atom. The maximum absolute atomic E-state index is 12.1. The highest BCUT2D eigenvalue weighted by Crippen LogP contribution is 2.13. The molecule has 0 saturated heterocycles. The first kappa shape index (κ1) is 18.3. The second-order valence-corrected chi connectivity index (χ2v) is 6.08. The smallest absolute Gasteiger partial charge is 0.312 e. The first-order valence-electron chi connectivity index (χ1n) is 8.51. The molecular weight excluding hydrogens is 346 g/mol. The number of nitrogens with zero attached hydrogens (tertiary/aromatic N) is 1. The summed E-state index contributed by atoms with van der Waals surface area (Å²) in [6, 6.07) is 16.2. The summed E-state index contributed by atoms with van der Waals surface area (Å²) in [6.07, 6.45) is -0.140. The zero-order valence-electron chi connectivity index (χ0n) is 14.8. The second kappa shape index (κ2) is 8.27. The average molecular weight is 365 g/mol. The van der Waals surface area contributed by atoms with Gasteiger partial charge < -0.3 is 10.1 Å². The van der Waals surface area contributed by atoms with Gasteiger partial charge in [-0.1, -0.05) is 48.5 Å². The molecule has 0 bridgehead atoms. The average Bonchev–Trinajstić information content (AvgIpc) is 2.69. The Balaban J connectivity index is 1.57. The number of rotatable bonds is 6. The Labute approximate surface area is 155 Å². The van der Waals surface area contributed by atoms with Crippen molar-refractivity contribution in [3.05, 3.63) is 76.2 Å². The lowest BCUT2D eigenvalue weighted by Crippen LogP contribution is -2.31. The molecule has 0 saturated carbocycles. The van der Waals surface area contributed by atoms with Crippen molar-refractivity contribution in [2.24, 2.45) is 0 Å². The van der Waals surface area contributed by atoms with E-state index in [1.165, 1.54) is 0 Å². The van der Waals surface area contributed by atoms with Crippen LogP contribution in [0.2, 0.25) is 0 Å². The summed E-state index contributed by atoms with van der Waals surface area (Å²) in [5.41, 5.74) is 1.03. The fourth-order valence-electron chi connectivity index (χ4n) is 2.75. The van der Waals surface area contributed by atoms with E-state index in [1.54, 1.807) is 24.3 Å². The van der Waals surface area contributed by atoms with Crippen LogP contribution in [0, 0.1) is 0 Å². The molecule has 7 heteroatoms. The number of hydrogen-bond acceptors (Lipinski definition) is 5. The Hall–Kier alpha value is -3.48. The van der Waals surface area contributed by atoms with Gasteiger partial charge in [0.05, 0.1) is 23.5 Å². The fourth-order valence-corrected chi connectivity index (χ4v) is 2.75. The molecule has 27 heavy (non-hydrogen) atoms. The number of aromatic nitrogens is 2. The molecule has 3 aromatic rings. The van der Waals surface area contributed by atoms with E-state index in [9.17, 15) is 14.4 Å². The van der Waals surface area contributed by atoms with Gasteiger partial charge in [0.15, 0.2) is 6.61 Å². The van der Waals surface area contributed by atoms with Crippen LogP contribution in [0.5, 0.6) is 0 Å². The Morgan fingerprint density at radius 3 is 2.48 bits per heavy atom. The predicted molar refractivity (Wildman–Crippen MR) is 100 cm³/mol. The monoisotopic (exact) mass is 365 g/mol. The van der Waals surface area contributed by atoms with Crippen LogP contribution >= 0.6 is 0 Å². The van der Waals surface area contributed by atoms with Crippen LogP contribution in [0.1, 0.15) is 24.2 Å². The lowest BCUT2D eigenvalue weighted by molar-refractivity contribution is -0.148. The molecular formula is C20H19N3O4. The quantitative estimate of drug-likeness (QED) is 0.650. The van der Waals surface area contributed by atoms with Crippen molar-refractivity contribution in [3.8, 4) is 0 Å². The Kier molecular flexibility index (Phi) is 5.61. The molecule has 1 heterocycles. The van der Waals surface area contributed by atoms with Crippen LogP contribution in [0.3, 0.4) is 0 Å². The number of fused-ring (bicyclic) bond motifs is 1. The summed E-state index contributed by atoms with van der Waals surface area (Å²) < 4.78 is 5.04. The highest BCUT2D eigenvalue weighted by molar-refractivity contribution is 5.87. The standard InChI is InChI=1S/C20H19N3O4/c1-13(14-7-3-2-4-8-14)21-18(24)12-27-19(25)11-17-15-9-5-6-10-16(15)20(26)23-22-17/h2-10,13H,11-12H2,1H3,(H,21,24)(H,23,26). The molecule has 1 unspecified atom stereocenters. The number of hydrogen-bond donors (Lipinski definition) is 2. The van der Waals surface area contributed by atoms with E-state index in [2.05, 4.69) is 15.5 Å². The Bertz CT molecular complexity index is 1010. The van der Waals surface area contributed by atoms with E-state index in [4.69, 9.17) is 4.74 Å². The molecule has 2 aromatic carbocycles. The van der Waals surface area contributed by atoms with Gasteiger partial charge in [0, 0.05) is 5.39 Å². The van der Waals surface area contributed by atoms with Crippen molar-refractivity contribution in [1.29, 1.82) is 0 Å². The normalized spacial score (nSPS) is 11.7. The number of esters is 1. The van der Waals surface area contributed by atoms with E-state index in [0.717, 1.165) is 5.56 Å². The summed E-state index contributed by atoms with van der Waals surface area (Å²) in [5.74, 6) is -0.985. The lowest BCUT2D eigenvalue weighted by Gasteiger charge is -2.14.